The quantitative estimate of drug-likeness (QED) is 0.0293. The van der Waals surface area contributed by atoms with Gasteiger partial charge in [0.05, 0.1) is 58.0 Å². The fourth-order valence-electron chi connectivity index (χ4n) is 11.5. The van der Waals surface area contributed by atoms with Crippen molar-refractivity contribution in [3.05, 3.63) is 36.4 Å². The van der Waals surface area contributed by atoms with E-state index >= 15 is 0 Å². The third-order valence-corrected chi connectivity index (χ3v) is 17.2. The highest BCUT2D eigenvalue weighted by Gasteiger charge is 2.43. The zero-order valence-electron chi connectivity index (χ0n) is 60.5. The van der Waals surface area contributed by atoms with Gasteiger partial charge < -0.3 is 114 Å². The molecule has 2 aliphatic rings. The van der Waals surface area contributed by atoms with Crippen LogP contribution in [0.15, 0.2) is 25.0 Å². The van der Waals surface area contributed by atoms with E-state index < -0.39 is 218 Å². The third kappa shape index (κ3) is 28.1. The first kappa shape index (κ1) is 87.7. The Morgan fingerprint density at radius 1 is 0.491 bits per heavy atom. The number of aliphatic carboxylic acids is 2. The number of amides is 15. The summed E-state index contributed by atoms with van der Waals surface area (Å²) in [6, 6.07) is -17.8. The van der Waals surface area contributed by atoms with Crippen molar-refractivity contribution in [1.82, 2.24) is 98.9 Å². The van der Waals surface area contributed by atoms with Crippen LogP contribution in [0.3, 0.4) is 0 Å². The van der Waals surface area contributed by atoms with Crippen molar-refractivity contribution in [3.63, 3.8) is 0 Å². The summed E-state index contributed by atoms with van der Waals surface area (Å²) in [4.78, 5) is 242. The topological polar surface area (TPSA) is 612 Å². The van der Waals surface area contributed by atoms with Crippen LogP contribution in [0.5, 0.6) is 0 Å². The van der Waals surface area contributed by atoms with Crippen LogP contribution in [0.1, 0.15) is 125 Å². The molecule has 2 saturated heterocycles. The highest BCUT2D eigenvalue weighted by Crippen LogP contribution is 2.23. The molecule has 14 atom stereocenters. The molecule has 20 N–H and O–H groups in total. The number of nitrogens with one attached hydrogen (secondary N) is 15. The molecule has 2 aromatic heterocycles. The second kappa shape index (κ2) is 42.9. The number of H-pyrrole nitrogens is 2. The van der Waals surface area contributed by atoms with E-state index in [1.54, 1.807) is 34.6 Å². The monoisotopic (exact) mass is 1500 g/mol. The third-order valence-electron chi connectivity index (χ3n) is 17.2. The zero-order valence-corrected chi connectivity index (χ0v) is 60.5. The number of aliphatic hydroxyl groups is 3. The van der Waals surface area contributed by atoms with E-state index in [9.17, 15) is 96.8 Å². The van der Waals surface area contributed by atoms with Crippen LogP contribution in [0.4, 0.5) is 0 Å². The van der Waals surface area contributed by atoms with Crippen molar-refractivity contribution in [2.24, 2.45) is 17.8 Å². The molecule has 106 heavy (non-hydrogen) atoms. The molecule has 0 spiro atoms. The largest absolute Gasteiger partial charge is 0.481 e. The molecular formula is C65H101N19O22. The Balaban J connectivity index is 1.43. The van der Waals surface area contributed by atoms with Crippen molar-refractivity contribution >= 4 is 101 Å². The van der Waals surface area contributed by atoms with Crippen LogP contribution < -0.4 is 69.1 Å². The normalized spacial score (nSPS) is 17.5. The first-order valence-corrected chi connectivity index (χ1v) is 34.7. The number of carboxylic acid groups (broad SMARTS) is 2. The lowest BCUT2D eigenvalue weighted by molar-refractivity contribution is -0.146. The average molecular weight is 1500 g/mol. The highest BCUT2D eigenvalue weighted by molar-refractivity contribution is 6.01. The lowest BCUT2D eigenvalue weighted by atomic mass is 9.98. The Bertz CT molecular complexity index is 3410. The summed E-state index contributed by atoms with van der Waals surface area (Å²) in [7, 11) is 0. The number of rotatable bonds is 43. The van der Waals surface area contributed by atoms with Gasteiger partial charge in [0.15, 0.2) is 0 Å². The molecule has 4 heterocycles. The Labute approximate surface area is 609 Å². The number of carbonyl (C=O) groups is 17. The lowest BCUT2D eigenvalue weighted by Gasteiger charge is -2.31. The maximum Gasteiger partial charge on any atom is 0.328 e. The maximum absolute atomic E-state index is 14.4. The minimum Gasteiger partial charge on any atom is -0.481 e. The van der Waals surface area contributed by atoms with Gasteiger partial charge in [0.25, 0.3) is 0 Å². The van der Waals surface area contributed by atoms with Gasteiger partial charge in [0.2, 0.25) is 88.6 Å². The number of nitrogens with zero attached hydrogens (tertiary/aromatic N) is 4. The van der Waals surface area contributed by atoms with Crippen LogP contribution in [-0.4, -0.2) is 280 Å². The fourth-order valence-corrected chi connectivity index (χ4v) is 11.5. The number of aromatic nitrogens is 4. The van der Waals surface area contributed by atoms with Gasteiger partial charge in [-0.1, -0.05) is 48.0 Å². The van der Waals surface area contributed by atoms with Crippen LogP contribution in [-0.2, 0) is 94.3 Å². The van der Waals surface area contributed by atoms with E-state index in [1.807, 2.05) is 12.2 Å². The van der Waals surface area contributed by atoms with Crippen molar-refractivity contribution in [1.29, 1.82) is 0 Å². The highest BCUT2D eigenvalue weighted by atomic mass is 16.4. The van der Waals surface area contributed by atoms with Crippen molar-refractivity contribution in [2.45, 2.75) is 205 Å². The van der Waals surface area contributed by atoms with E-state index in [4.69, 9.17) is 10.2 Å². The van der Waals surface area contributed by atoms with E-state index in [0.717, 1.165) is 11.8 Å². The van der Waals surface area contributed by atoms with Gasteiger partial charge in [-0.3, -0.25) is 76.7 Å². The summed E-state index contributed by atoms with van der Waals surface area (Å²) >= 11 is 0. The zero-order chi connectivity index (χ0) is 79.2. The Hall–Kier alpha value is -10.7. The summed E-state index contributed by atoms with van der Waals surface area (Å²) in [5.74, 6) is -17.5. The molecule has 0 radical (unpaired) electrons. The first-order chi connectivity index (χ1) is 50.0. The number of carbonyl (C=O) groups excluding carboxylic acids is 15. The van der Waals surface area contributed by atoms with Gasteiger partial charge in [0.1, 0.15) is 72.5 Å². The fraction of sp³-hybridized carbons (Fsp3) is 0.646. The number of hydrogen-bond acceptors (Lipinski definition) is 22. The minimum absolute atomic E-state index is 0.00461. The van der Waals surface area contributed by atoms with Gasteiger partial charge in [0, 0.05) is 56.6 Å². The molecule has 0 saturated carbocycles. The number of aliphatic hydroxyl groups excluding tert-OH is 3. The first-order valence-electron chi connectivity index (χ1n) is 34.7. The molecule has 0 aliphatic carbocycles. The number of carboxylic acids is 2. The van der Waals surface area contributed by atoms with Crippen LogP contribution in [0, 0.1) is 17.8 Å². The van der Waals surface area contributed by atoms with Gasteiger partial charge in [-0.05, 0) is 70.1 Å². The van der Waals surface area contributed by atoms with Gasteiger partial charge in [-0.25, -0.2) is 14.8 Å². The molecule has 2 aromatic rings. The molecule has 0 aromatic carbocycles. The molecule has 41 nitrogen and oxygen atoms in total. The standard InChI is InChI=1S/C65H101N19O22/c1-10-33(6)52(74-36(9)88)61(101)70-25-48(89)75-39(17-31(2)3)56(96)78-41(20-38-23-67-30-72-38)57(97)79-43(21-51(92)93)64(104)84-16-12-14-47(84)60(100)81-44(27-85)58(98)77-40(19-37-22-66-29-71-37)55(95)69-26-50(91)82-53(35(8)87)62(102)80-42(18-32(4)5)63(103)83-15-11-13-46(83)59(99)73-34(7)54(94)68-24-49(90)76-45(28-86)65(105)106/h22-23,29-35,39-47,52-53,85-87H,10-21,24-28H2,1-9H3,(H,66,71)(H,67,72)(H,68,94)(H,69,95)(H,70,101)(H,73,99)(H,74,88)(H,75,89)(H,76,90)(H,77,98)(H,78,96)(H,79,97)(H,80,102)(H,81,100)(H,82,91)(H,92,93)(H,105,106). The van der Waals surface area contributed by atoms with Crippen LogP contribution in [0.25, 0.3) is 0 Å². The molecule has 588 valence electrons. The van der Waals surface area contributed by atoms with Crippen LogP contribution >= 0.6 is 0 Å². The van der Waals surface area contributed by atoms with Crippen molar-refractivity contribution in [2.75, 3.05) is 45.9 Å². The summed E-state index contributed by atoms with van der Waals surface area (Å²) in [6.45, 7) is 9.83. The smallest absolute Gasteiger partial charge is 0.328 e. The Morgan fingerprint density at radius 3 is 1.39 bits per heavy atom. The molecule has 0 bridgehead atoms. The SMILES string of the molecule is CCC(C)C(NC(C)=O)C(=O)NCC(=O)NC(CC(C)C)C(=O)NC(Cc1cnc[nH]1)C(=O)NC(CC(=O)O)C(=O)N1CCCC1C(=O)NC(CO)C(=O)NC(Cc1cnc[nH]1)C(=O)NCC(=O)NC(C(=O)NC(CC(C)C)C(=O)N1CCCC1C(=O)NC(C)C(=O)NCC(=O)NC(CO)C(=O)O)C(C)O. The van der Waals surface area contributed by atoms with E-state index in [1.165, 1.54) is 43.8 Å². The molecule has 4 rings (SSSR count). The van der Waals surface area contributed by atoms with E-state index in [-0.39, 0.29) is 81.5 Å². The van der Waals surface area contributed by atoms with Crippen molar-refractivity contribution in [3.8, 4) is 0 Å². The number of hydrogen-bond donors (Lipinski definition) is 20. The summed E-state index contributed by atoms with van der Waals surface area (Å²) in [6.07, 6.45) is 2.89. The second-order valence-electron chi connectivity index (χ2n) is 26.8. The Kier molecular flexibility index (Phi) is 35.5. The molecule has 41 heteroatoms. The summed E-state index contributed by atoms with van der Waals surface area (Å²) in [5.41, 5.74) is 0.554. The van der Waals surface area contributed by atoms with E-state index in [0.29, 0.717) is 18.5 Å². The molecule has 2 aliphatic heterocycles. The molecule has 15 amide bonds. The molecular weight excluding hydrogens is 1400 g/mol. The predicted octanol–water partition coefficient (Wildman–Crippen LogP) is -7.80. The van der Waals surface area contributed by atoms with Gasteiger partial charge in [-0.15, -0.1) is 0 Å². The number of aromatic amines is 2. The summed E-state index contributed by atoms with van der Waals surface area (Å²) in [5, 5.41) is 80.7. The van der Waals surface area contributed by atoms with Gasteiger partial charge in [-0.2, -0.15) is 0 Å². The minimum atomic E-state index is -1.89. The number of imidazole rings is 2. The average Bonchev–Trinajstić information content (AvgIpc) is 1.62. The predicted molar refractivity (Wildman–Crippen MR) is 368 cm³/mol. The Morgan fingerprint density at radius 2 is 0.925 bits per heavy atom. The van der Waals surface area contributed by atoms with Gasteiger partial charge >= 0.3 is 11.9 Å². The van der Waals surface area contributed by atoms with Crippen molar-refractivity contribution < 1.29 is 107 Å². The molecule has 14 unspecified atom stereocenters. The van der Waals surface area contributed by atoms with E-state index in [2.05, 4.69) is 83.7 Å². The lowest BCUT2D eigenvalue weighted by Crippen LogP contribution is -2.61. The number of likely N-dealkylation sites (tertiary alicyclic amines) is 2. The van der Waals surface area contributed by atoms with Crippen LogP contribution in [0.2, 0.25) is 0 Å². The summed E-state index contributed by atoms with van der Waals surface area (Å²) < 4.78 is 0. The molecule has 2 fully saturated rings. The second-order valence-corrected chi connectivity index (χ2v) is 26.8. The maximum atomic E-state index is 14.4.